The Hall–Kier alpha value is -1.03. The Labute approximate surface area is 96.2 Å². The van der Waals surface area contributed by atoms with Gasteiger partial charge in [-0.15, -0.1) is 0 Å². The lowest BCUT2D eigenvalue weighted by molar-refractivity contribution is -0.145. The number of hydrogen-bond donors (Lipinski definition) is 1. The molecule has 4 heteroatoms. The van der Waals surface area contributed by atoms with Crippen LogP contribution in [0.5, 0.6) is 5.75 Å². The highest BCUT2D eigenvalue weighted by atomic mass is 79.9. The Morgan fingerprint density at radius 2 is 2.33 bits per heavy atom. The van der Waals surface area contributed by atoms with E-state index in [1.54, 1.807) is 6.92 Å². The number of carboxylic acid groups (broad SMARTS) is 1. The van der Waals surface area contributed by atoms with Crippen molar-refractivity contribution in [3.8, 4) is 5.75 Å². The van der Waals surface area contributed by atoms with E-state index in [4.69, 9.17) is 9.84 Å². The molecule has 15 heavy (non-hydrogen) atoms. The summed E-state index contributed by atoms with van der Waals surface area (Å²) in [5.41, 5.74) is 0.954. The number of carboxylic acids is 1. The predicted molar refractivity (Wildman–Crippen MR) is 59.1 cm³/mol. The van der Waals surface area contributed by atoms with Crippen LogP contribution in [0.1, 0.15) is 12.5 Å². The lowest BCUT2D eigenvalue weighted by atomic mass is 9.91. The minimum atomic E-state index is -0.798. The molecule has 80 valence electrons. The lowest BCUT2D eigenvalue weighted by Gasteiger charge is -2.28. The fourth-order valence-corrected chi connectivity index (χ4v) is 2.20. The summed E-state index contributed by atoms with van der Waals surface area (Å²) in [6.07, 6.45) is 0.266. The molecule has 1 aliphatic heterocycles. The largest absolute Gasteiger partial charge is 0.490 e. The van der Waals surface area contributed by atoms with Crippen molar-refractivity contribution in [2.24, 2.45) is 5.92 Å². The molecule has 1 heterocycles. The van der Waals surface area contributed by atoms with Gasteiger partial charge >= 0.3 is 5.97 Å². The van der Waals surface area contributed by atoms with Crippen molar-refractivity contribution in [1.29, 1.82) is 0 Å². The third kappa shape index (κ3) is 2.00. The first-order valence-electron chi connectivity index (χ1n) is 4.76. The van der Waals surface area contributed by atoms with E-state index < -0.39 is 11.9 Å². The molecule has 1 aromatic carbocycles. The van der Waals surface area contributed by atoms with E-state index in [1.807, 2.05) is 18.2 Å². The quantitative estimate of drug-likeness (QED) is 0.853. The Balaban J connectivity index is 2.34. The van der Waals surface area contributed by atoms with Crippen molar-refractivity contribution in [3.63, 3.8) is 0 Å². The summed E-state index contributed by atoms with van der Waals surface area (Å²) in [6, 6.07) is 5.68. The molecule has 2 atom stereocenters. The molecule has 0 aliphatic carbocycles. The van der Waals surface area contributed by atoms with E-state index in [0.717, 1.165) is 15.8 Å². The van der Waals surface area contributed by atoms with E-state index in [-0.39, 0.29) is 6.10 Å². The number of rotatable bonds is 1. The van der Waals surface area contributed by atoms with Crippen molar-refractivity contribution in [2.75, 3.05) is 0 Å². The number of benzene rings is 1. The molecule has 2 rings (SSSR count). The highest BCUT2D eigenvalue weighted by molar-refractivity contribution is 9.10. The molecule has 0 bridgehead atoms. The number of fused-ring (bicyclic) bond motifs is 1. The molecule has 0 radical (unpaired) electrons. The van der Waals surface area contributed by atoms with Crippen molar-refractivity contribution >= 4 is 21.9 Å². The Morgan fingerprint density at radius 3 is 3.00 bits per heavy atom. The second-order valence-corrected chi connectivity index (χ2v) is 4.64. The first-order chi connectivity index (χ1) is 7.08. The number of hydrogen-bond acceptors (Lipinski definition) is 2. The fourth-order valence-electron chi connectivity index (χ4n) is 1.80. The zero-order valence-corrected chi connectivity index (χ0v) is 9.82. The van der Waals surface area contributed by atoms with Crippen molar-refractivity contribution < 1.29 is 14.6 Å². The zero-order valence-electron chi connectivity index (χ0n) is 8.24. The average Bonchev–Trinajstić information content (AvgIpc) is 2.17. The van der Waals surface area contributed by atoms with Gasteiger partial charge in [0.15, 0.2) is 0 Å². The van der Waals surface area contributed by atoms with Gasteiger partial charge in [0, 0.05) is 4.47 Å². The van der Waals surface area contributed by atoms with Crippen LogP contribution in [0, 0.1) is 5.92 Å². The van der Waals surface area contributed by atoms with E-state index in [1.165, 1.54) is 0 Å². The first-order valence-corrected chi connectivity index (χ1v) is 5.55. The minimum Gasteiger partial charge on any atom is -0.490 e. The van der Waals surface area contributed by atoms with Crippen molar-refractivity contribution in [2.45, 2.75) is 19.4 Å². The molecule has 0 fully saturated rings. The number of carbonyl (C=O) groups is 1. The van der Waals surface area contributed by atoms with Crippen molar-refractivity contribution in [1.82, 2.24) is 0 Å². The number of aliphatic carboxylic acids is 1. The second kappa shape index (κ2) is 3.85. The van der Waals surface area contributed by atoms with Crippen LogP contribution in [0.4, 0.5) is 0 Å². The van der Waals surface area contributed by atoms with Crippen LogP contribution in [0.25, 0.3) is 0 Å². The molecule has 0 spiro atoms. The van der Waals surface area contributed by atoms with Gasteiger partial charge in [-0.2, -0.15) is 0 Å². The summed E-state index contributed by atoms with van der Waals surface area (Å²) in [5.74, 6) is -0.455. The molecule has 0 amide bonds. The third-order valence-electron chi connectivity index (χ3n) is 2.66. The molecule has 3 nitrogen and oxygen atoms in total. The molecule has 1 aromatic rings. The Bertz CT molecular complexity index is 403. The minimum absolute atomic E-state index is 0.267. The summed E-state index contributed by atoms with van der Waals surface area (Å²) in [5, 5.41) is 9.01. The maximum absolute atomic E-state index is 11.0. The van der Waals surface area contributed by atoms with Gasteiger partial charge in [0.25, 0.3) is 0 Å². The smallest absolute Gasteiger partial charge is 0.310 e. The lowest BCUT2D eigenvalue weighted by Crippen LogP contribution is -2.35. The van der Waals surface area contributed by atoms with E-state index in [9.17, 15) is 4.79 Å². The van der Waals surface area contributed by atoms with Gasteiger partial charge in [0.1, 0.15) is 11.9 Å². The van der Waals surface area contributed by atoms with Crippen LogP contribution in [-0.4, -0.2) is 17.2 Å². The summed E-state index contributed by atoms with van der Waals surface area (Å²) < 4.78 is 6.51. The van der Waals surface area contributed by atoms with Crippen LogP contribution >= 0.6 is 15.9 Å². The zero-order chi connectivity index (χ0) is 11.0. The van der Waals surface area contributed by atoms with Gasteiger partial charge in [0.2, 0.25) is 0 Å². The average molecular weight is 271 g/mol. The van der Waals surface area contributed by atoms with Gasteiger partial charge < -0.3 is 9.84 Å². The molecule has 1 aliphatic rings. The van der Waals surface area contributed by atoms with E-state index in [0.29, 0.717) is 6.42 Å². The predicted octanol–water partition coefficient (Wildman–Crippen LogP) is 2.47. The van der Waals surface area contributed by atoms with E-state index >= 15 is 0 Å². The van der Waals surface area contributed by atoms with Gasteiger partial charge in [-0.1, -0.05) is 15.9 Å². The molecule has 2 unspecified atom stereocenters. The summed E-state index contributed by atoms with van der Waals surface area (Å²) in [6.45, 7) is 1.80. The van der Waals surface area contributed by atoms with E-state index in [2.05, 4.69) is 15.9 Å². The molecular weight excluding hydrogens is 260 g/mol. The molecule has 1 N–H and O–H groups in total. The van der Waals surface area contributed by atoms with Crippen LogP contribution in [-0.2, 0) is 11.2 Å². The summed E-state index contributed by atoms with van der Waals surface area (Å²) >= 11 is 3.36. The summed E-state index contributed by atoms with van der Waals surface area (Å²) in [4.78, 5) is 11.0. The fraction of sp³-hybridized carbons (Fsp3) is 0.364. The van der Waals surface area contributed by atoms with Crippen LogP contribution < -0.4 is 4.74 Å². The topological polar surface area (TPSA) is 46.5 Å². The van der Waals surface area contributed by atoms with Crippen molar-refractivity contribution in [3.05, 3.63) is 28.2 Å². The van der Waals surface area contributed by atoms with Crippen LogP contribution in [0.15, 0.2) is 22.7 Å². The number of halogens is 1. The van der Waals surface area contributed by atoms with Gasteiger partial charge in [-0.3, -0.25) is 4.79 Å². The van der Waals surface area contributed by atoms with Crippen LogP contribution in [0.3, 0.4) is 0 Å². The molecule has 0 saturated heterocycles. The maximum Gasteiger partial charge on any atom is 0.310 e. The van der Waals surface area contributed by atoms with Gasteiger partial charge in [-0.05, 0) is 37.1 Å². The summed E-state index contributed by atoms with van der Waals surface area (Å²) in [7, 11) is 0. The second-order valence-electron chi connectivity index (χ2n) is 3.72. The normalized spacial score (nSPS) is 24.1. The molecule has 0 aromatic heterocycles. The molecular formula is C11H11BrO3. The highest BCUT2D eigenvalue weighted by Crippen LogP contribution is 2.32. The third-order valence-corrected chi connectivity index (χ3v) is 3.15. The Morgan fingerprint density at radius 1 is 1.60 bits per heavy atom. The SMILES string of the molecule is CC1Oc2ccc(Br)cc2CC1C(=O)O. The monoisotopic (exact) mass is 270 g/mol. The Kier molecular flexibility index (Phi) is 2.69. The standard InChI is InChI=1S/C11H11BrO3/c1-6-9(11(13)14)5-7-4-8(12)2-3-10(7)15-6/h2-4,6,9H,5H2,1H3,(H,13,14). The number of ether oxygens (including phenoxy) is 1. The van der Waals surface area contributed by atoms with Gasteiger partial charge in [-0.25, -0.2) is 0 Å². The first kappa shape index (κ1) is 10.5. The van der Waals surface area contributed by atoms with Gasteiger partial charge in [0.05, 0.1) is 5.92 Å². The van der Waals surface area contributed by atoms with Crippen LogP contribution in [0.2, 0.25) is 0 Å². The maximum atomic E-state index is 11.0. The molecule has 0 saturated carbocycles. The highest BCUT2D eigenvalue weighted by Gasteiger charge is 2.32.